The van der Waals surface area contributed by atoms with E-state index in [2.05, 4.69) is 19.1 Å². The molecule has 0 N–H and O–H groups in total. The van der Waals surface area contributed by atoms with Crippen molar-refractivity contribution in [3.05, 3.63) is 35.9 Å². The fourth-order valence-electron chi connectivity index (χ4n) is 8.90. The van der Waals surface area contributed by atoms with Gasteiger partial charge in [0.1, 0.15) is 0 Å². The molecule has 1 aromatic rings. The second-order valence-electron chi connectivity index (χ2n) is 13.8. The molecule has 4 atom stereocenters. The second kappa shape index (κ2) is 14.5. The van der Waals surface area contributed by atoms with E-state index in [1.807, 2.05) is 0 Å². The number of ether oxygens (including phenoxy) is 2. The molecule has 0 aliphatic heterocycles. The van der Waals surface area contributed by atoms with Crippen LogP contribution in [0.3, 0.4) is 0 Å². The van der Waals surface area contributed by atoms with Crippen molar-refractivity contribution in [2.45, 2.75) is 117 Å². The van der Waals surface area contributed by atoms with Crippen molar-refractivity contribution in [1.29, 1.82) is 0 Å². The predicted octanol–water partition coefficient (Wildman–Crippen LogP) is 10.5. The van der Waals surface area contributed by atoms with E-state index in [1.54, 1.807) is 6.92 Å². The van der Waals surface area contributed by atoms with Gasteiger partial charge in [0.05, 0.1) is 13.2 Å². The van der Waals surface area contributed by atoms with Crippen LogP contribution in [0.2, 0.25) is 0 Å². The van der Waals surface area contributed by atoms with E-state index < -0.39 is 11.6 Å². The van der Waals surface area contributed by atoms with Crippen LogP contribution in [-0.2, 0) is 0 Å². The zero-order valence-corrected chi connectivity index (χ0v) is 25.2. The van der Waals surface area contributed by atoms with Crippen molar-refractivity contribution in [3.63, 3.8) is 0 Å². The topological polar surface area (TPSA) is 18.5 Å². The minimum absolute atomic E-state index is 0.0107. The van der Waals surface area contributed by atoms with E-state index in [-0.39, 0.29) is 11.5 Å². The molecule has 0 radical (unpaired) electrons. The summed E-state index contributed by atoms with van der Waals surface area (Å²) in [6.07, 6.45) is 27.2. The highest BCUT2D eigenvalue weighted by atomic mass is 19.2. The molecule has 4 saturated carbocycles. The van der Waals surface area contributed by atoms with Crippen molar-refractivity contribution >= 4 is 0 Å². The van der Waals surface area contributed by atoms with Gasteiger partial charge in [-0.05, 0) is 156 Å². The van der Waals surface area contributed by atoms with Gasteiger partial charge in [0, 0.05) is 0 Å². The molecule has 2 nitrogen and oxygen atoms in total. The van der Waals surface area contributed by atoms with E-state index in [1.165, 1.54) is 108 Å². The van der Waals surface area contributed by atoms with Gasteiger partial charge in [-0.2, -0.15) is 8.78 Å². The standard InChI is InChI=1S/C36H54F2O2/c1-3-5-25-6-8-26(9-7-25)10-11-27-12-15-29(16-13-27)31-19-18-30-22-28(14-17-32(30)23-31)24-40-34-21-20-33(39-4-2)35(37)36(34)38/h10-11,20-21,25-32H,3-9,12-19,22-24H2,1-2H3. The average molecular weight is 557 g/mol. The lowest BCUT2D eigenvalue weighted by Gasteiger charge is -2.45. The minimum atomic E-state index is -0.948. The smallest absolute Gasteiger partial charge is 0.204 e. The highest BCUT2D eigenvalue weighted by Gasteiger charge is 2.39. The number of rotatable bonds is 10. The molecule has 0 amide bonds. The van der Waals surface area contributed by atoms with E-state index >= 15 is 0 Å². The van der Waals surface area contributed by atoms with Gasteiger partial charge in [-0.15, -0.1) is 0 Å². The predicted molar refractivity (Wildman–Crippen MR) is 160 cm³/mol. The summed E-state index contributed by atoms with van der Waals surface area (Å²) in [7, 11) is 0. The highest BCUT2D eigenvalue weighted by molar-refractivity contribution is 5.35. The van der Waals surface area contributed by atoms with Crippen molar-refractivity contribution < 1.29 is 18.3 Å². The van der Waals surface area contributed by atoms with Crippen LogP contribution in [0.1, 0.15) is 117 Å². The minimum Gasteiger partial charge on any atom is -0.491 e. The van der Waals surface area contributed by atoms with Gasteiger partial charge in [0.15, 0.2) is 11.5 Å². The van der Waals surface area contributed by atoms with Gasteiger partial charge in [-0.25, -0.2) is 0 Å². The number of halogens is 2. The fourth-order valence-corrected chi connectivity index (χ4v) is 8.90. The van der Waals surface area contributed by atoms with Crippen molar-refractivity contribution in [2.75, 3.05) is 13.2 Å². The molecule has 0 heterocycles. The molecule has 1 aromatic carbocycles. The second-order valence-corrected chi connectivity index (χ2v) is 13.8. The van der Waals surface area contributed by atoms with E-state index in [0.29, 0.717) is 19.1 Å². The summed E-state index contributed by atoms with van der Waals surface area (Å²) in [6, 6.07) is 2.97. The van der Waals surface area contributed by atoms with Crippen LogP contribution in [0, 0.1) is 59.0 Å². The molecule has 4 fully saturated rings. The zero-order chi connectivity index (χ0) is 27.9. The lowest BCUT2D eigenvalue weighted by atomic mass is 9.61. The summed E-state index contributed by atoms with van der Waals surface area (Å²) in [5, 5.41) is 0. The van der Waals surface area contributed by atoms with E-state index in [0.717, 1.165) is 47.8 Å². The van der Waals surface area contributed by atoms with Gasteiger partial charge in [-0.1, -0.05) is 31.9 Å². The summed E-state index contributed by atoms with van der Waals surface area (Å²) in [5.74, 6) is 4.71. The van der Waals surface area contributed by atoms with E-state index in [4.69, 9.17) is 9.47 Å². The van der Waals surface area contributed by atoms with Crippen molar-refractivity contribution in [3.8, 4) is 11.5 Å². The quantitative estimate of drug-likeness (QED) is 0.267. The first-order valence-electron chi connectivity index (χ1n) is 17.0. The molecule has 0 saturated heterocycles. The molecule has 4 aliphatic carbocycles. The Balaban J connectivity index is 1.01. The Labute approximate surface area is 242 Å². The summed E-state index contributed by atoms with van der Waals surface area (Å²) in [4.78, 5) is 0. The lowest BCUT2D eigenvalue weighted by molar-refractivity contribution is 0.0499. The SMILES string of the molecule is CCCC1CCC(C=CC2CCC(C3CCC4CC(COc5ccc(OCC)c(F)c5F)CCC4C3)CC2)CC1. The number of allylic oxidation sites excluding steroid dienone is 2. The highest BCUT2D eigenvalue weighted by Crippen LogP contribution is 2.49. The normalized spacial score (nSPS) is 34.9. The third kappa shape index (κ3) is 7.62. The van der Waals surface area contributed by atoms with Gasteiger partial charge in [0.2, 0.25) is 11.6 Å². The molecule has 0 spiro atoms. The largest absolute Gasteiger partial charge is 0.491 e. The van der Waals surface area contributed by atoms with Crippen LogP contribution < -0.4 is 9.47 Å². The monoisotopic (exact) mass is 556 g/mol. The van der Waals surface area contributed by atoms with Crippen LogP contribution in [0.5, 0.6) is 11.5 Å². The summed E-state index contributed by atoms with van der Waals surface area (Å²) < 4.78 is 39.6. The summed E-state index contributed by atoms with van der Waals surface area (Å²) in [6.45, 7) is 4.88. The lowest BCUT2D eigenvalue weighted by Crippen LogP contribution is -2.35. The summed E-state index contributed by atoms with van der Waals surface area (Å²) >= 11 is 0. The van der Waals surface area contributed by atoms with Crippen molar-refractivity contribution in [2.24, 2.45) is 47.3 Å². The van der Waals surface area contributed by atoms with Gasteiger partial charge < -0.3 is 9.47 Å². The molecular weight excluding hydrogens is 502 g/mol. The maximum atomic E-state index is 14.4. The Kier molecular flexibility index (Phi) is 10.9. The first-order chi connectivity index (χ1) is 19.5. The maximum Gasteiger partial charge on any atom is 0.204 e. The van der Waals surface area contributed by atoms with Crippen LogP contribution in [0.4, 0.5) is 8.78 Å². The first kappa shape index (κ1) is 29.9. The molecular formula is C36H54F2O2. The number of fused-ring (bicyclic) bond motifs is 1. The van der Waals surface area contributed by atoms with E-state index in [9.17, 15) is 8.78 Å². The van der Waals surface area contributed by atoms with Crippen LogP contribution in [0.15, 0.2) is 24.3 Å². The van der Waals surface area contributed by atoms with Gasteiger partial charge in [0.25, 0.3) is 0 Å². The molecule has 40 heavy (non-hydrogen) atoms. The van der Waals surface area contributed by atoms with Crippen LogP contribution >= 0.6 is 0 Å². The average Bonchev–Trinajstić information content (AvgIpc) is 2.99. The number of benzene rings is 1. The zero-order valence-electron chi connectivity index (χ0n) is 25.2. The Bertz CT molecular complexity index is 944. The Morgan fingerprint density at radius 3 is 1.75 bits per heavy atom. The Morgan fingerprint density at radius 1 is 0.625 bits per heavy atom. The number of hydrogen-bond acceptors (Lipinski definition) is 2. The Hall–Kier alpha value is -1.58. The fraction of sp³-hybridized carbons (Fsp3) is 0.778. The summed E-state index contributed by atoms with van der Waals surface area (Å²) in [5.41, 5.74) is 0. The van der Waals surface area contributed by atoms with Crippen LogP contribution in [0.25, 0.3) is 0 Å². The van der Waals surface area contributed by atoms with Gasteiger partial charge in [-0.3, -0.25) is 0 Å². The molecule has 4 heteroatoms. The first-order valence-corrected chi connectivity index (χ1v) is 17.0. The molecule has 224 valence electrons. The van der Waals surface area contributed by atoms with Crippen molar-refractivity contribution in [1.82, 2.24) is 0 Å². The molecule has 5 rings (SSSR count). The van der Waals surface area contributed by atoms with Gasteiger partial charge >= 0.3 is 0 Å². The maximum absolute atomic E-state index is 14.4. The van der Waals surface area contributed by atoms with Crippen LogP contribution in [-0.4, -0.2) is 13.2 Å². The molecule has 0 aromatic heterocycles. The number of hydrogen-bond donors (Lipinski definition) is 0. The molecule has 4 unspecified atom stereocenters. The third-order valence-corrected chi connectivity index (χ3v) is 11.3. The third-order valence-electron chi connectivity index (χ3n) is 11.3. The molecule has 4 aliphatic rings. The Morgan fingerprint density at radius 2 is 1.12 bits per heavy atom. The molecule has 0 bridgehead atoms.